The highest BCUT2D eigenvalue weighted by Crippen LogP contribution is 2.19. The first-order valence-electron chi connectivity index (χ1n) is 5.97. The molecular formula is C13H15ClN4O. The third-order valence-corrected chi connectivity index (χ3v) is 2.56. The molecule has 0 fully saturated rings. The first-order chi connectivity index (χ1) is 9.08. The minimum atomic E-state index is -0.0241. The second kappa shape index (κ2) is 5.95. The van der Waals surface area contributed by atoms with Gasteiger partial charge in [0, 0.05) is 11.6 Å². The smallest absolute Gasteiger partial charge is 0.227 e. The fraction of sp³-hybridized carbons (Fsp3) is 0.308. The maximum Gasteiger partial charge on any atom is 0.227 e. The van der Waals surface area contributed by atoms with Crippen molar-refractivity contribution in [1.29, 1.82) is 0 Å². The Morgan fingerprint density at radius 3 is 2.74 bits per heavy atom. The Labute approximate surface area is 116 Å². The van der Waals surface area contributed by atoms with Crippen LogP contribution >= 0.6 is 11.6 Å². The summed E-state index contributed by atoms with van der Waals surface area (Å²) in [5.74, 6) is 0.929. The maximum absolute atomic E-state index is 9.15. The van der Waals surface area contributed by atoms with Gasteiger partial charge in [-0.15, -0.1) is 0 Å². The van der Waals surface area contributed by atoms with E-state index in [0.29, 0.717) is 11.8 Å². The Morgan fingerprint density at radius 1 is 1.26 bits per heavy atom. The highest BCUT2D eigenvalue weighted by Gasteiger charge is 2.08. The molecule has 19 heavy (non-hydrogen) atoms. The van der Waals surface area contributed by atoms with Crippen LogP contribution < -0.4 is 5.32 Å². The highest BCUT2D eigenvalue weighted by molar-refractivity contribution is 6.28. The molecule has 0 radical (unpaired) electrons. The van der Waals surface area contributed by atoms with Crippen molar-refractivity contribution in [1.82, 2.24) is 15.0 Å². The van der Waals surface area contributed by atoms with Crippen LogP contribution in [-0.2, 0) is 6.61 Å². The molecule has 2 N–H and O–H groups in total. The summed E-state index contributed by atoms with van der Waals surface area (Å²) in [6, 6.07) is 7.57. The lowest BCUT2D eigenvalue weighted by atomic mass is 10.1. The van der Waals surface area contributed by atoms with Crippen molar-refractivity contribution in [3.63, 3.8) is 0 Å². The molecule has 1 aromatic carbocycles. The molecule has 2 aromatic rings. The van der Waals surface area contributed by atoms with Crippen LogP contribution in [0.15, 0.2) is 24.3 Å². The van der Waals surface area contributed by atoms with Gasteiger partial charge in [0.15, 0.2) is 5.82 Å². The third kappa shape index (κ3) is 3.62. The van der Waals surface area contributed by atoms with Crippen LogP contribution in [0.1, 0.15) is 19.4 Å². The van der Waals surface area contributed by atoms with E-state index in [1.807, 2.05) is 38.1 Å². The molecule has 0 amide bonds. The van der Waals surface area contributed by atoms with Crippen LogP contribution in [-0.4, -0.2) is 26.1 Å². The van der Waals surface area contributed by atoms with E-state index in [1.54, 1.807) is 0 Å². The molecule has 0 aliphatic heterocycles. The van der Waals surface area contributed by atoms with Gasteiger partial charge in [0.05, 0.1) is 6.61 Å². The zero-order chi connectivity index (χ0) is 13.8. The number of hydrogen-bond acceptors (Lipinski definition) is 5. The van der Waals surface area contributed by atoms with E-state index in [1.165, 1.54) is 0 Å². The minimum absolute atomic E-state index is 0.0241. The van der Waals surface area contributed by atoms with Gasteiger partial charge < -0.3 is 10.4 Å². The molecule has 1 heterocycles. The minimum Gasteiger partial charge on any atom is -0.392 e. The van der Waals surface area contributed by atoms with Crippen molar-refractivity contribution < 1.29 is 5.11 Å². The predicted octanol–water partition coefficient (Wildman–Crippen LogP) is 2.50. The zero-order valence-electron chi connectivity index (χ0n) is 10.8. The lowest BCUT2D eigenvalue weighted by Gasteiger charge is -2.09. The summed E-state index contributed by atoms with van der Waals surface area (Å²) >= 11 is 5.91. The van der Waals surface area contributed by atoms with Crippen LogP contribution in [0.25, 0.3) is 11.4 Å². The van der Waals surface area contributed by atoms with Crippen molar-refractivity contribution in [2.45, 2.75) is 26.5 Å². The average Bonchev–Trinajstić information content (AvgIpc) is 2.37. The Hall–Kier alpha value is -1.72. The Morgan fingerprint density at radius 2 is 2.05 bits per heavy atom. The zero-order valence-corrected chi connectivity index (χ0v) is 11.5. The van der Waals surface area contributed by atoms with E-state index in [9.17, 15) is 0 Å². The van der Waals surface area contributed by atoms with Crippen LogP contribution in [0.5, 0.6) is 0 Å². The van der Waals surface area contributed by atoms with Crippen LogP contribution in [0, 0.1) is 0 Å². The molecule has 6 heteroatoms. The van der Waals surface area contributed by atoms with Crippen molar-refractivity contribution >= 4 is 17.5 Å². The molecule has 0 unspecified atom stereocenters. The van der Waals surface area contributed by atoms with Gasteiger partial charge >= 0.3 is 0 Å². The first kappa shape index (κ1) is 13.7. The van der Waals surface area contributed by atoms with E-state index in [4.69, 9.17) is 16.7 Å². The number of anilines is 1. The average molecular weight is 279 g/mol. The fourth-order valence-corrected chi connectivity index (χ4v) is 1.77. The summed E-state index contributed by atoms with van der Waals surface area (Å²) in [4.78, 5) is 12.5. The summed E-state index contributed by atoms with van der Waals surface area (Å²) in [6.45, 7) is 3.96. The van der Waals surface area contributed by atoms with Gasteiger partial charge in [-0.05, 0) is 37.1 Å². The summed E-state index contributed by atoms with van der Waals surface area (Å²) in [5, 5.41) is 12.4. The highest BCUT2D eigenvalue weighted by atomic mass is 35.5. The van der Waals surface area contributed by atoms with Gasteiger partial charge in [-0.25, -0.2) is 0 Å². The standard InChI is InChI=1S/C13H15ClN4O/c1-8(2)15-13-17-11(16-12(14)18-13)10-5-3-4-9(6-10)7-19/h3-6,8,19H,7H2,1-2H3,(H,15,16,17,18). The molecule has 1 aromatic heterocycles. The molecular weight excluding hydrogens is 264 g/mol. The van der Waals surface area contributed by atoms with Crippen molar-refractivity contribution in [3.8, 4) is 11.4 Å². The van der Waals surface area contributed by atoms with E-state index < -0.39 is 0 Å². The van der Waals surface area contributed by atoms with Gasteiger partial charge in [-0.1, -0.05) is 18.2 Å². The van der Waals surface area contributed by atoms with Gasteiger partial charge in [0.25, 0.3) is 0 Å². The summed E-state index contributed by atoms with van der Waals surface area (Å²) in [7, 11) is 0. The Balaban J connectivity index is 2.40. The van der Waals surface area contributed by atoms with E-state index in [2.05, 4.69) is 20.3 Å². The van der Waals surface area contributed by atoms with Crippen LogP contribution in [0.3, 0.4) is 0 Å². The third-order valence-electron chi connectivity index (χ3n) is 2.39. The monoisotopic (exact) mass is 278 g/mol. The number of nitrogens with one attached hydrogen (secondary N) is 1. The first-order valence-corrected chi connectivity index (χ1v) is 6.34. The number of nitrogens with zero attached hydrogens (tertiary/aromatic N) is 3. The van der Waals surface area contributed by atoms with Gasteiger partial charge in [0.1, 0.15) is 0 Å². The number of aliphatic hydroxyl groups excluding tert-OH is 1. The van der Waals surface area contributed by atoms with Gasteiger partial charge in [0.2, 0.25) is 11.2 Å². The number of halogens is 1. The second-order valence-electron chi connectivity index (χ2n) is 4.41. The quantitative estimate of drug-likeness (QED) is 0.899. The summed E-state index contributed by atoms with van der Waals surface area (Å²) in [5.41, 5.74) is 1.59. The normalized spacial score (nSPS) is 10.8. The van der Waals surface area contributed by atoms with Gasteiger partial charge in [-0.3, -0.25) is 0 Å². The number of benzene rings is 1. The number of aliphatic hydroxyl groups is 1. The van der Waals surface area contributed by atoms with E-state index in [-0.39, 0.29) is 17.9 Å². The van der Waals surface area contributed by atoms with Crippen molar-refractivity contribution in [3.05, 3.63) is 35.1 Å². The fourth-order valence-electron chi connectivity index (χ4n) is 1.61. The topological polar surface area (TPSA) is 70.9 Å². The summed E-state index contributed by atoms with van der Waals surface area (Å²) < 4.78 is 0. The molecule has 0 saturated heterocycles. The predicted molar refractivity (Wildman–Crippen MR) is 75.0 cm³/mol. The molecule has 0 aliphatic rings. The second-order valence-corrected chi connectivity index (χ2v) is 4.75. The number of hydrogen-bond donors (Lipinski definition) is 2. The SMILES string of the molecule is CC(C)Nc1nc(Cl)nc(-c2cccc(CO)c2)n1. The summed E-state index contributed by atoms with van der Waals surface area (Å²) in [6.07, 6.45) is 0. The Bertz CT molecular complexity index is 574. The number of rotatable bonds is 4. The molecule has 100 valence electrons. The van der Waals surface area contributed by atoms with E-state index >= 15 is 0 Å². The Kier molecular flexibility index (Phi) is 4.29. The lowest BCUT2D eigenvalue weighted by Crippen LogP contribution is -2.13. The molecule has 0 bridgehead atoms. The molecule has 0 saturated carbocycles. The number of aromatic nitrogens is 3. The maximum atomic E-state index is 9.15. The largest absolute Gasteiger partial charge is 0.392 e. The molecule has 2 rings (SSSR count). The molecule has 0 aliphatic carbocycles. The molecule has 0 spiro atoms. The van der Waals surface area contributed by atoms with Crippen LogP contribution in [0.4, 0.5) is 5.95 Å². The van der Waals surface area contributed by atoms with Gasteiger partial charge in [-0.2, -0.15) is 15.0 Å². The van der Waals surface area contributed by atoms with E-state index in [0.717, 1.165) is 11.1 Å². The lowest BCUT2D eigenvalue weighted by molar-refractivity contribution is 0.282. The molecule has 0 atom stereocenters. The molecule has 5 nitrogen and oxygen atoms in total. The van der Waals surface area contributed by atoms with Crippen LogP contribution in [0.2, 0.25) is 5.28 Å². The van der Waals surface area contributed by atoms with Crippen molar-refractivity contribution in [2.24, 2.45) is 0 Å². The van der Waals surface area contributed by atoms with Crippen molar-refractivity contribution in [2.75, 3.05) is 5.32 Å².